The molecule has 0 aromatic heterocycles. The molecule has 1 rings (SSSR count). The number of nitrogens with zero attached hydrogens (tertiary/aromatic N) is 1. The maximum absolute atomic E-state index is 13.7. The first-order chi connectivity index (χ1) is 13.1. The van der Waals surface area contributed by atoms with E-state index in [2.05, 4.69) is 0 Å². The standard InChI is InChI=1S/C15H20F10N2O2/c16-10(17)12(18,19)1-2-14(22,23)15(24,25)9-13(20,21)11(28)26-3-4-27-5-7-29-8-6-27/h10H,1-9H2,(H,26,28). The summed E-state index contributed by atoms with van der Waals surface area (Å²) in [5.74, 6) is -23.2. The van der Waals surface area contributed by atoms with Gasteiger partial charge in [0.25, 0.3) is 5.91 Å². The van der Waals surface area contributed by atoms with Gasteiger partial charge in [0.15, 0.2) is 0 Å². The summed E-state index contributed by atoms with van der Waals surface area (Å²) in [5, 5.41) is 1.65. The monoisotopic (exact) mass is 450 g/mol. The highest BCUT2D eigenvalue weighted by Crippen LogP contribution is 2.46. The molecule has 1 heterocycles. The number of hydrogen-bond donors (Lipinski definition) is 1. The van der Waals surface area contributed by atoms with Gasteiger partial charge in [0.05, 0.1) is 19.6 Å². The molecule has 1 saturated heterocycles. The fourth-order valence-electron chi connectivity index (χ4n) is 2.39. The van der Waals surface area contributed by atoms with Gasteiger partial charge in [-0.15, -0.1) is 0 Å². The number of ether oxygens (including phenoxy) is 1. The van der Waals surface area contributed by atoms with Crippen LogP contribution in [-0.2, 0) is 9.53 Å². The lowest BCUT2D eigenvalue weighted by Gasteiger charge is -2.30. The SMILES string of the molecule is O=C(NCCN1CCOCC1)C(F)(F)CC(F)(F)C(F)(F)CCC(F)(F)C(F)F. The summed E-state index contributed by atoms with van der Waals surface area (Å²) >= 11 is 0. The molecule has 1 amide bonds. The summed E-state index contributed by atoms with van der Waals surface area (Å²) in [6.45, 7) is 1.34. The molecule has 0 aromatic rings. The Balaban J connectivity index is 2.61. The van der Waals surface area contributed by atoms with Crippen molar-refractivity contribution in [1.82, 2.24) is 10.2 Å². The van der Waals surface area contributed by atoms with Gasteiger partial charge in [0.1, 0.15) is 0 Å². The molecule has 29 heavy (non-hydrogen) atoms. The summed E-state index contributed by atoms with van der Waals surface area (Å²) in [6.07, 6.45) is -12.2. The Morgan fingerprint density at radius 2 is 1.48 bits per heavy atom. The fourth-order valence-corrected chi connectivity index (χ4v) is 2.39. The molecule has 0 spiro atoms. The van der Waals surface area contributed by atoms with Gasteiger partial charge in [0.2, 0.25) is 0 Å². The Bertz CT molecular complexity index is 539. The minimum absolute atomic E-state index is 0.0838. The van der Waals surface area contributed by atoms with Crippen LogP contribution in [0.1, 0.15) is 19.3 Å². The van der Waals surface area contributed by atoms with E-state index in [0.717, 1.165) is 0 Å². The van der Waals surface area contributed by atoms with Crippen LogP contribution in [0.25, 0.3) is 0 Å². The van der Waals surface area contributed by atoms with Crippen LogP contribution in [0, 0.1) is 0 Å². The van der Waals surface area contributed by atoms with Gasteiger partial charge in [-0.3, -0.25) is 9.69 Å². The number of carbonyl (C=O) groups is 1. The van der Waals surface area contributed by atoms with Crippen LogP contribution in [0.3, 0.4) is 0 Å². The first-order valence-electron chi connectivity index (χ1n) is 8.48. The zero-order chi connectivity index (χ0) is 22.5. The molecular formula is C15H20F10N2O2. The normalized spacial score (nSPS) is 17.6. The zero-order valence-electron chi connectivity index (χ0n) is 15.0. The molecule has 0 atom stereocenters. The average Bonchev–Trinajstić information content (AvgIpc) is 2.60. The number of halogens is 10. The molecule has 0 aliphatic carbocycles. The fraction of sp³-hybridized carbons (Fsp3) is 0.933. The van der Waals surface area contributed by atoms with E-state index in [4.69, 9.17) is 4.74 Å². The summed E-state index contributed by atoms with van der Waals surface area (Å²) < 4.78 is 136. The molecule has 0 unspecified atom stereocenters. The van der Waals surface area contributed by atoms with Crippen LogP contribution >= 0.6 is 0 Å². The lowest BCUT2D eigenvalue weighted by atomic mass is 9.97. The third-order valence-electron chi connectivity index (χ3n) is 4.22. The lowest BCUT2D eigenvalue weighted by Crippen LogP contribution is -2.51. The van der Waals surface area contributed by atoms with Crippen molar-refractivity contribution < 1.29 is 53.4 Å². The van der Waals surface area contributed by atoms with E-state index in [1.54, 1.807) is 10.2 Å². The Morgan fingerprint density at radius 1 is 0.931 bits per heavy atom. The Morgan fingerprint density at radius 3 is 2.00 bits per heavy atom. The van der Waals surface area contributed by atoms with Gasteiger partial charge in [0, 0.05) is 39.0 Å². The van der Waals surface area contributed by atoms with Crippen LogP contribution in [-0.4, -0.2) is 80.3 Å². The number of alkyl halides is 10. The molecule has 0 bridgehead atoms. The number of carbonyl (C=O) groups excluding carboxylic acids is 1. The highest BCUT2D eigenvalue weighted by Gasteiger charge is 2.62. The highest BCUT2D eigenvalue weighted by molar-refractivity contribution is 5.83. The van der Waals surface area contributed by atoms with Gasteiger partial charge in [-0.05, 0) is 0 Å². The average molecular weight is 450 g/mol. The van der Waals surface area contributed by atoms with E-state index in [-0.39, 0.29) is 13.1 Å². The van der Waals surface area contributed by atoms with Gasteiger partial charge in [-0.25, -0.2) is 17.6 Å². The summed E-state index contributed by atoms with van der Waals surface area (Å²) in [7, 11) is 0. The largest absolute Gasteiger partial charge is 0.379 e. The molecule has 1 fully saturated rings. The van der Waals surface area contributed by atoms with Crippen LogP contribution < -0.4 is 5.32 Å². The van der Waals surface area contributed by atoms with Gasteiger partial charge in [-0.1, -0.05) is 0 Å². The van der Waals surface area contributed by atoms with Gasteiger partial charge < -0.3 is 10.1 Å². The van der Waals surface area contributed by atoms with Crippen molar-refractivity contribution >= 4 is 5.91 Å². The minimum atomic E-state index is -5.59. The third kappa shape index (κ3) is 7.46. The Labute approximate surface area is 159 Å². The molecule has 172 valence electrons. The van der Waals surface area contributed by atoms with Crippen LogP contribution in [0.4, 0.5) is 43.9 Å². The maximum Gasteiger partial charge on any atom is 0.330 e. The van der Waals surface area contributed by atoms with E-state index in [0.29, 0.717) is 26.3 Å². The summed E-state index contributed by atoms with van der Waals surface area (Å²) in [4.78, 5) is 13.1. The van der Waals surface area contributed by atoms with Gasteiger partial charge in [-0.2, -0.15) is 26.3 Å². The zero-order valence-corrected chi connectivity index (χ0v) is 15.0. The molecule has 1 aliphatic heterocycles. The Hall–Kier alpha value is -1.31. The number of morpholine rings is 1. The number of rotatable bonds is 11. The van der Waals surface area contributed by atoms with E-state index in [1.807, 2.05) is 0 Å². The predicted octanol–water partition coefficient (Wildman–Crippen LogP) is 3.41. The second-order valence-corrected chi connectivity index (χ2v) is 6.56. The predicted molar refractivity (Wildman–Crippen MR) is 79.9 cm³/mol. The molecule has 0 aromatic carbocycles. The maximum atomic E-state index is 13.7. The first kappa shape index (κ1) is 25.7. The van der Waals surface area contributed by atoms with Crippen LogP contribution in [0.15, 0.2) is 0 Å². The van der Waals surface area contributed by atoms with Crippen molar-refractivity contribution in [3.8, 4) is 0 Å². The van der Waals surface area contributed by atoms with Crippen molar-refractivity contribution in [3.05, 3.63) is 0 Å². The summed E-state index contributed by atoms with van der Waals surface area (Å²) in [5.41, 5.74) is 0. The topological polar surface area (TPSA) is 41.6 Å². The third-order valence-corrected chi connectivity index (χ3v) is 4.22. The second kappa shape index (κ2) is 9.67. The van der Waals surface area contributed by atoms with Crippen LogP contribution in [0.5, 0.6) is 0 Å². The van der Waals surface area contributed by atoms with E-state index in [9.17, 15) is 48.7 Å². The number of amides is 1. The lowest BCUT2D eigenvalue weighted by molar-refractivity contribution is -0.247. The quantitative estimate of drug-likeness (QED) is 0.491. The van der Waals surface area contributed by atoms with Crippen molar-refractivity contribution in [1.29, 1.82) is 0 Å². The van der Waals surface area contributed by atoms with E-state index < -0.39 is 55.3 Å². The first-order valence-corrected chi connectivity index (χ1v) is 8.48. The molecule has 14 heteroatoms. The van der Waals surface area contributed by atoms with Crippen molar-refractivity contribution in [2.24, 2.45) is 0 Å². The van der Waals surface area contributed by atoms with Crippen LogP contribution in [0.2, 0.25) is 0 Å². The smallest absolute Gasteiger partial charge is 0.330 e. The highest BCUT2D eigenvalue weighted by atomic mass is 19.3. The molecule has 0 saturated carbocycles. The van der Waals surface area contributed by atoms with E-state index >= 15 is 0 Å². The van der Waals surface area contributed by atoms with Crippen molar-refractivity contribution in [2.75, 3.05) is 39.4 Å². The molecule has 1 aliphatic rings. The molecule has 4 nitrogen and oxygen atoms in total. The van der Waals surface area contributed by atoms with Crippen molar-refractivity contribution in [3.63, 3.8) is 0 Å². The summed E-state index contributed by atoms with van der Waals surface area (Å²) in [6, 6.07) is 0. The second-order valence-electron chi connectivity index (χ2n) is 6.56. The van der Waals surface area contributed by atoms with Crippen molar-refractivity contribution in [2.45, 2.75) is 49.4 Å². The molecule has 1 N–H and O–H groups in total. The minimum Gasteiger partial charge on any atom is -0.379 e. The van der Waals surface area contributed by atoms with Gasteiger partial charge >= 0.3 is 30.1 Å². The number of hydrogen-bond acceptors (Lipinski definition) is 3. The number of nitrogens with one attached hydrogen (secondary N) is 1. The Kier molecular flexibility index (Phi) is 8.57. The van der Waals surface area contributed by atoms with E-state index in [1.165, 1.54) is 0 Å². The molecule has 0 radical (unpaired) electrons. The molecular weight excluding hydrogens is 430 g/mol.